The van der Waals surface area contributed by atoms with E-state index in [1.807, 2.05) is 0 Å². The molecule has 1 aliphatic rings. The first-order valence-electron chi connectivity index (χ1n) is 7.98. The van der Waals surface area contributed by atoms with Gasteiger partial charge in [0.25, 0.3) is 5.91 Å². The SMILES string of the molecule is C[C@H](N)C(=O)NS(=O)(=O)OC[C@H]1O[C@@H](n2cnc3c(N)ncnc32)[C@H](F)[C@@H]1O. The number of nitrogens with zero attached hydrogens (tertiary/aromatic N) is 4. The van der Waals surface area contributed by atoms with E-state index in [-0.39, 0.29) is 17.0 Å². The van der Waals surface area contributed by atoms with Crippen molar-refractivity contribution in [1.82, 2.24) is 24.2 Å². The quantitative estimate of drug-likeness (QED) is 0.394. The van der Waals surface area contributed by atoms with Crippen molar-refractivity contribution in [3.63, 3.8) is 0 Å². The van der Waals surface area contributed by atoms with Crippen LogP contribution in [0.2, 0.25) is 0 Å². The summed E-state index contributed by atoms with van der Waals surface area (Å²) in [7, 11) is -4.52. The lowest BCUT2D eigenvalue weighted by Crippen LogP contribution is -2.43. The van der Waals surface area contributed by atoms with Gasteiger partial charge >= 0.3 is 10.3 Å². The Labute approximate surface area is 158 Å². The summed E-state index contributed by atoms with van der Waals surface area (Å²) < 4.78 is 50.8. The van der Waals surface area contributed by atoms with Crippen molar-refractivity contribution >= 4 is 33.2 Å². The molecule has 0 spiro atoms. The number of aliphatic hydroxyl groups excluding tert-OH is 1. The molecule has 0 unspecified atom stereocenters. The van der Waals surface area contributed by atoms with Crippen LogP contribution in [0.15, 0.2) is 12.7 Å². The molecule has 1 saturated heterocycles. The molecule has 3 rings (SSSR count). The van der Waals surface area contributed by atoms with Crippen LogP contribution in [0.4, 0.5) is 10.2 Å². The number of imidazole rings is 1. The third kappa shape index (κ3) is 3.88. The Bertz CT molecular complexity index is 983. The van der Waals surface area contributed by atoms with E-state index in [2.05, 4.69) is 19.1 Å². The van der Waals surface area contributed by atoms with Gasteiger partial charge in [0.1, 0.15) is 24.1 Å². The monoisotopic (exact) mass is 419 g/mol. The number of ether oxygens (including phenoxy) is 1. The number of amides is 1. The van der Waals surface area contributed by atoms with Gasteiger partial charge in [-0.15, -0.1) is 0 Å². The van der Waals surface area contributed by atoms with Crippen molar-refractivity contribution in [3.8, 4) is 0 Å². The van der Waals surface area contributed by atoms with E-state index in [4.69, 9.17) is 16.2 Å². The van der Waals surface area contributed by atoms with E-state index in [1.54, 1.807) is 4.72 Å². The Kier molecular flexibility index (Phi) is 5.44. The second kappa shape index (κ2) is 7.51. The van der Waals surface area contributed by atoms with Gasteiger partial charge in [0.05, 0.1) is 19.0 Å². The third-order valence-electron chi connectivity index (χ3n) is 3.98. The first-order chi connectivity index (χ1) is 13.1. The van der Waals surface area contributed by atoms with Gasteiger partial charge in [0.2, 0.25) is 0 Å². The lowest BCUT2D eigenvalue weighted by Gasteiger charge is -2.16. The Morgan fingerprint density at radius 1 is 1.50 bits per heavy atom. The summed E-state index contributed by atoms with van der Waals surface area (Å²) in [6, 6.07) is -1.09. The molecule has 15 heteroatoms. The maximum atomic E-state index is 14.6. The molecule has 28 heavy (non-hydrogen) atoms. The van der Waals surface area contributed by atoms with E-state index in [0.29, 0.717) is 0 Å². The van der Waals surface area contributed by atoms with Crippen LogP contribution in [-0.4, -0.2) is 70.0 Å². The predicted octanol–water partition coefficient (Wildman–Crippen LogP) is -2.27. The molecule has 0 bridgehead atoms. The molecule has 13 nitrogen and oxygen atoms in total. The maximum Gasteiger partial charge on any atom is 0.362 e. The first kappa shape index (κ1) is 20.3. The number of aromatic nitrogens is 4. The van der Waals surface area contributed by atoms with Crippen molar-refractivity contribution in [2.75, 3.05) is 12.3 Å². The molecule has 154 valence electrons. The molecule has 5 atom stereocenters. The highest BCUT2D eigenvalue weighted by molar-refractivity contribution is 7.85. The van der Waals surface area contributed by atoms with E-state index in [1.165, 1.54) is 17.8 Å². The van der Waals surface area contributed by atoms with Gasteiger partial charge in [-0.3, -0.25) is 13.5 Å². The second-order valence-electron chi connectivity index (χ2n) is 6.08. The van der Waals surface area contributed by atoms with Crippen LogP contribution in [0.3, 0.4) is 0 Å². The van der Waals surface area contributed by atoms with E-state index < -0.39 is 53.5 Å². The third-order valence-corrected chi connectivity index (χ3v) is 4.88. The first-order valence-corrected chi connectivity index (χ1v) is 9.38. The predicted molar refractivity (Wildman–Crippen MR) is 91.2 cm³/mol. The number of aliphatic hydroxyl groups is 1. The topological polar surface area (TPSA) is 198 Å². The van der Waals surface area contributed by atoms with Crippen LogP contribution in [0.1, 0.15) is 13.2 Å². The molecular weight excluding hydrogens is 401 g/mol. The number of alkyl halides is 1. The number of nitrogen functional groups attached to an aromatic ring is 1. The highest BCUT2D eigenvalue weighted by Crippen LogP contribution is 2.34. The normalized spacial score (nSPS) is 26.4. The number of fused-ring (bicyclic) bond motifs is 1. The van der Waals surface area contributed by atoms with Crippen molar-refractivity contribution in [1.29, 1.82) is 0 Å². The van der Waals surface area contributed by atoms with Crippen LogP contribution < -0.4 is 16.2 Å². The second-order valence-corrected chi connectivity index (χ2v) is 7.42. The smallest absolute Gasteiger partial charge is 0.362 e. The van der Waals surface area contributed by atoms with Crippen molar-refractivity contribution in [2.24, 2.45) is 5.73 Å². The van der Waals surface area contributed by atoms with E-state index in [0.717, 1.165) is 6.33 Å². The van der Waals surface area contributed by atoms with Gasteiger partial charge in [0, 0.05) is 0 Å². The molecule has 1 aliphatic heterocycles. The molecule has 0 aliphatic carbocycles. The van der Waals surface area contributed by atoms with Gasteiger partial charge in [-0.05, 0) is 6.92 Å². The Morgan fingerprint density at radius 3 is 2.89 bits per heavy atom. The molecule has 0 radical (unpaired) electrons. The zero-order valence-corrected chi connectivity index (χ0v) is 15.3. The van der Waals surface area contributed by atoms with Gasteiger partial charge in [-0.1, -0.05) is 0 Å². The fourth-order valence-electron chi connectivity index (χ4n) is 2.52. The van der Waals surface area contributed by atoms with Crippen LogP contribution in [-0.2, 0) is 24.0 Å². The van der Waals surface area contributed by atoms with Gasteiger partial charge in [-0.2, -0.15) is 8.42 Å². The van der Waals surface area contributed by atoms with Gasteiger partial charge in [0.15, 0.2) is 23.9 Å². The van der Waals surface area contributed by atoms with Crippen LogP contribution in [0, 0.1) is 0 Å². The van der Waals surface area contributed by atoms with E-state index in [9.17, 15) is 22.7 Å². The Balaban J connectivity index is 1.72. The number of carbonyl (C=O) groups excluding carboxylic acids is 1. The minimum absolute atomic E-state index is 0.0774. The summed E-state index contributed by atoms with van der Waals surface area (Å²) in [6.45, 7) is 0.530. The Morgan fingerprint density at radius 2 is 2.21 bits per heavy atom. The highest BCUT2D eigenvalue weighted by Gasteiger charge is 2.46. The zero-order chi connectivity index (χ0) is 20.6. The summed E-state index contributed by atoms with van der Waals surface area (Å²) in [6.07, 6.45) is -3.99. The van der Waals surface area contributed by atoms with Crippen molar-refractivity contribution in [3.05, 3.63) is 12.7 Å². The minimum Gasteiger partial charge on any atom is -0.387 e. The number of halogens is 1. The minimum atomic E-state index is -4.52. The van der Waals surface area contributed by atoms with Crippen LogP contribution >= 0.6 is 0 Å². The molecule has 2 aromatic rings. The largest absolute Gasteiger partial charge is 0.387 e. The standard InChI is InChI=1S/C13H18FN7O6S/c1-5(15)12(23)20-28(24,25)26-2-6-9(22)7(14)13(27-6)21-4-19-8-10(16)17-3-18-11(8)21/h3-7,9,13,22H,2,15H2,1H3,(H,20,23)(H2,16,17,18)/t5-,6+,7+,9+,13+/m0/s1. The molecule has 2 aromatic heterocycles. The number of nitrogens with two attached hydrogens (primary N) is 2. The summed E-state index contributed by atoms with van der Waals surface area (Å²) in [5, 5.41) is 10.0. The number of carbonyl (C=O) groups is 1. The van der Waals surface area contributed by atoms with E-state index >= 15 is 0 Å². The number of anilines is 1. The number of hydrogen-bond donors (Lipinski definition) is 4. The summed E-state index contributed by atoms with van der Waals surface area (Å²) in [4.78, 5) is 23.1. The molecule has 3 heterocycles. The van der Waals surface area contributed by atoms with Gasteiger partial charge < -0.3 is 21.3 Å². The average molecular weight is 419 g/mol. The molecule has 6 N–H and O–H groups in total. The summed E-state index contributed by atoms with van der Waals surface area (Å²) in [5.41, 5.74) is 11.3. The molecule has 1 amide bonds. The van der Waals surface area contributed by atoms with Crippen molar-refractivity contribution in [2.45, 2.75) is 37.6 Å². The molecule has 0 aromatic carbocycles. The summed E-state index contributed by atoms with van der Waals surface area (Å²) >= 11 is 0. The van der Waals surface area contributed by atoms with Crippen molar-refractivity contribution < 1.29 is 31.6 Å². The summed E-state index contributed by atoms with van der Waals surface area (Å²) in [5.74, 6) is -0.912. The molecule has 0 saturated carbocycles. The number of hydrogen-bond acceptors (Lipinski definition) is 11. The molecular formula is C13H18FN7O6S. The number of nitrogens with one attached hydrogen (secondary N) is 1. The fourth-order valence-corrected chi connectivity index (χ4v) is 3.33. The van der Waals surface area contributed by atoms with Gasteiger partial charge in [-0.25, -0.2) is 24.1 Å². The highest BCUT2D eigenvalue weighted by atomic mass is 32.2. The van der Waals surface area contributed by atoms with Crippen LogP contribution in [0.5, 0.6) is 0 Å². The van der Waals surface area contributed by atoms with Crippen LogP contribution in [0.25, 0.3) is 11.2 Å². The lowest BCUT2D eigenvalue weighted by molar-refractivity contribution is -0.120. The number of rotatable bonds is 6. The zero-order valence-electron chi connectivity index (χ0n) is 14.5. The fraction of sp³-hybridized carbons (Fsp3) is 0.538. The lowest BCUT2D eigenvalue weighted by atomic mass is 10.1. The Hall–Kier alpha value is -2.46. The maximum absolute atomic E-state index is 14.6. The molecule has 1 fully saturated rings. The average Bonchev–Trinajstić information content (AvgIpc) is 3.16.